The molecule has 5 rings (SSSR count). The first-order valence-electron chi connectivity index (χ1n) is 10.5. The van der Waals surface area contributed by atoms with Crippen molar-refractivity contribution in [1.82, 2.24) is 15.1 Å². The normalized spacial score (nSPS) is 23.5. The second kappa shape index (κ2) is 8.32. The highest BCUT2D eigenvalue weighted by atomic mass is 32.1. The Hall–Kier alpha value is -2.91. The quantitative estimate of drug-likeness (QED) is 0.750. The van der Waals surface area contributed by atoms with E-state index in [1.165, 1.54) is 0 Å². The fourth-order valence-corrected chi connectivity index (χ4v) is 5.09. The van der Waals surface area contributed by atoms with Crippen LogP contribution in [0.5, 0.6) is 0 Å². The maximum absolute atomic E-state index is 13.3. The van der Waals surface area contributed by atoms with Crippen LogP contribution in [0.15, 0.2) is 35.0 Å². The first-order valence-corrected chi connectivity index (χ1v) is 11.5. The van der Waals surface area contributed by atoms with Crippen molar-refractivity contribution in [1.29, 1.82) is 0 Å². The number of thiophene rings is 1. The second-order valence-electron chi connectivity index (χ2n) is 8.05. The van der Waals surface area contributed by atoms with Crippen molar-refractivity contribution in [2.24, 2.45) is 0 Å². The van der Waals surface area contributed by atoms with Crippen molar-refractivity contribution in [3.05, 3.63) is 40.6 Å². The number of rotatable bonds is 2. The summed E-state index contributed by atoms with van der Waals surface area (Å²) in [7, 11) is 0. The van der Waals surface area contributed by atoms with Gasteiger partial charge < -0.3 is 25.2 Å². The van der Waals surface area contributed by atoms with E-state index in [1.54, 1.807) is 27.2 Å². The molecule has 2 atom stereocenters. The minimum atomic E-state index is -0.603. The maximum Gasteiger partial charge on any atom is 0.317 e. The lowest BCUT2D eigenvalue weighted by atomic mass is 9.96. The largest absolute Gasteiger partial charge is 0.378 e. The van der Waals surface area contributed by atoms with Crippen LogP contribution in [-0.4, -0.2) is 72.6 Å². The lowest BCUT2D eigenvalue weighted by molar-refractivity contribution is -0.121. The number of ether oxygens (including phenoxy) is 1. The standard InChI is InChI=1S/C22H24N4O4S/c27-20-19-12-16(23-22(29)25-6-8-30-9-7-25)3-5-26(19)21(28)17-11-14(1-2-18(17)24-20)15-4-10-31-13-15/h1-2,4,10-11,13,16,19H,3,5-9,12H2,(H,23,29)(H,24,27)/t16-,19-/m0/s1. The molecule has 0 bridgehead atoms. The van der Waals surface area contributed by atoms with E-state index in [1.807, 2.05) is 29.0 Å². The van der Waals surface area contributed by atoms with Crippen LogP contribution in [-0.2, 0) is 9.53 Å². The molecule has 0 unspecified atom stereocenters. The van der Waals surface area contributed by atoms with Gasteiger partial charge in [0.25, 0.3) is 5.91 Å². The predicted octanol–water partition coefficient (Wildman–Crippen LogP) is 2.38. The molecule has 2 aromatic rings. The van der Waals surface area contributed by atoms with Crippen molar-refractivity contribution in [2.75, 3.05) is 38.2 Å². The number of hydrogen-bond acceptors (Lipinski definition) is 5. The number of morpholine rings is 1. The molecule has 9 heteroatoms. The first-order chi connectivity index (χ1) is 15.1. The third-order valence-corrected chi connectivity index (χ3v) is 6.84. The van der Waals surface area contributed by atoms with Crippen LogP contribution in [0.3, 0.4) is 0 Å². The Bertz CT molecular complexity index is 1000. The number of benzene rings is 1. The van der Waals surface area contributed by atoms with E-state index >= 15 is 0 Å². The van der Waals surface area contributed by atoms with Gasteiger partial charge in [-0.05, 0) is 52.9 Å². The number of amides is 4. The Morgan fingerprint density at radius 1 is 1.13 bits per heavy atom. The number of carbonyl (C=O) groups excluding carboxylic acids is 3. The molecule has 0 aliphatic carbocycles. The molecule has 8 nitrogen and oxygen atoms in total. The van der Waals surface area contributed by atoms with Crippen LogP contribution in [0.2, 0.25) is 0 Å². The van der Waals surface area contributed by atoms with Gasteiger partial charge in [0, 0.05) is 25.7 Å². The number of hydrogen-bond donors (Lipinski definition) is 2. The lowest BCUT2D eigenvalue weighted by Crippen LogP contribution is -2.57. The number of piperidine rings is 1. The molecule has 2 saturated heterocycles. The van der Waals surface area contributed by atoms with Gasteiger partial charge in [0.05, 0.1) is 24.5 Å². The van der Waals surface area contributed by atoms with Crippen LogP contribution in [0.25, 0.3) is 11.1 Å². The van der Waals surface area contributed by atoms with E-state index in [4.69, 9.17) is 4.74 Å². The van der Waals surface area contributed by atoms with Gasteiger partial charge in [-0.25, -0.2) is 4.79 Å². The lowest BCUT2D eigenvalue weighted by Gasteiger charge is -2.38. The van der Waals surface area contributed by atoms with E-state index in [2.05, 4.69) is 10.6 Å². The number of urea groups is 1. The number of carbonyl (C=O) groups is 3. The summed E-state index contributed by atoms with van der Waals surface area (Å²) in [6.45, 7) is 2.63. The van der Waals surface area contributed by atoms with E-state index in [9.17, 15) is 14.4 Å². The molecule has 162 valence electrons. The van der Waals surface area contributed by atoms with Gasteiger partial charge in [-0.2, -0.15) is 11.3 Å². The molecule has 31 heavy (non-hydrogen) atoms. The minimum Gasteiger partial charge on any atom is -0.378 e. The zero-order valence-electron chi connectivity index (χ0n) is 17.0. The monoisotopic (exact) mass is 440 g/mol. The molecule has 3 aliphatic heterocycles. The fraction of sp³-hybridized carbons (Fsp3) is 0.409. The van der Waals surface area contributed by atoms with Crippen LogP contribution in [0.1, 0.15) is 23.2 Å². The summed E-state index contributed by atoms with van der Waals surface area (Å²) in [5.41, 5.74) is 3.05. The van der Waals surface area contributed by atoms with E-state index in [-0.39, 0.29) is 23.9 Å². The molecule has 3 aliphatic rings. The molecule has 4 heterocycles. The molecule has 0 spiro atoms. The zero-order valence-corrected chi connectivity index (χ0v) is 17.8. The highest BCUT2D eigenvalue weighted by Crippen LogP contribution is 2.32. The van der Waals surface area contributed by atoms with Crippen molar-refractivity contribution >= 4 is 34.9 Å². The molecular formula is C22H24N4O4S. The van der Waals surface area contributed by atoms with Crippen molar-refractivity contribution in [3.63, 3.8) is 0 Å². The number of anilines is 1. The SMILES string of the molecule is O=C1Nc2ccc(-c3ccsc3)cc2C(=O)N2CC[C@H](NC(=O)N3CCOCC3)C[C@@H]12. The summed E-state index contributed by atoms with van der Waals surface area (Å²) in [5.74, 6) is -0.353. The fourth-order valence-electron chi connectivity index (χ4n) is 4.43. The molecule has 2 fully saturated rings. The molecule has 4 amide bonds. The van der Waals surface area contributed by atoms with E-state index < -0.39 is 6.04 Å². The summed E-state index contributed by atoms with van der Waals surface area (Å²) in [6, 6.07) is 6.70. The Labute approximate surface area is 184 Å². The van der Waals surface area contributed by atoms with Crippen LogP contribution < -0.4 is 10.6 Å². The minimum absolute atomic E-state index is 0.134. The third-order valence-electron chi connectivity index (χ3n) is 6.15. The van der Waals surface area contributed by atoms with Crippen molar-refractivity contribution < 1.29 is 19.1 Å². The van der Waals surface area contributed by atoms with Crippen molar-refractivity contribution in [3.8, 4) is 11.1 Å². The smallest absolute Gasteiger partial charge is 0.317 e. The predicted molar refractivity (Wildman–Crippen MR) is 117 cm³/mol. The average molecular weight is 441 g/mol. The molecular weight excluding hydrogens is 416 g/mol. The summed E-state index contributed by atoms with van der Waals surface area (Å²) in [6.07, 6.45) is 1.02. The molecule has 1 aromatic carbocycles. The summed E-state index contributed by atoms with van der Waals surface area (Å²) < 4.78 is 5.29. The Morgan fingerprint density at radius 2 is 1.97 bits per heavy atom. The summed E-state index contributed by atoms with van der Waals surface area (Å²) in [4.78, 5) is 42.2. The van der Waals surface area contributed by atoms with Gasteiger partial charge in [-0.3, -0.25) is 9.59 Å². The average Bonchev–Trinajstić information content (AvgIpc) is 3.31. The van der Waals surface area contributed by atoms with Gasteiger partial charge in [-0.15, -0.1) is 0 Å². The van der Waals surface area contributed by atoms with E-state index in [0.717, 1.165) is 11.1 Å². The third kappa shape index (κ3) is 3.90. The highest BCUT2D eigenvalue weighted by Gasteiger charge is 2.40. The van der Waals surface area contributed by atoms with Gasteiger partial charge >= 0.3 is 6.03 Å². The Kier molecular flexibility index (Phi) is 5.37. The Balaban J connectivity index is 1.33. The van der Waals surface area contributed by atoms with E-state index in [0.29, 0.717) is 56.9 Å². The van der Waals surface area contributed by atoms with Gasteiger partial charge in [-0.1, -0.05) is 6.07 Å². The maximum atomic E-state index is 13.3. The molecule has 1 aromatic heterocycles. The number of nitrogens with zero attached hydrogens (tertiary/aromatic N) is 2. The summed E-state index contributed by atoms with van der Waals surface area (Å²) in [5, 5.41) is 10.00. The van der Waals surface area contributed by atoms with Gasteiger partial charge in [0.1, 0.15) is 6.04 Å². The van der Waals surface area contributed by atoms with Crippen LogP contribution >= 0.6 is 11.3 Å². The summed E-state index contributed by atoms with van der Waals surface area (Å²) >= 11 is 1.60. The number of nitrogens with one attached hydrogen (secondary N) is 2. The topological polar surface area (TPSA) is 91.0 Å². The molecule has 0 radical (unpaired) electrons. The van der Waals surface area contributed by atoms with Crippen LogP contribution in [0, 0.1) is 0 Å². The van der Waals surface area contributed by atoms with Crippen molar-refractivity contribution in [2.45, 2.75) is 24.9 Å². The zero-order chi connectivity index (χ0) is 21.4. The highest BCUT2D eigenvalue weighted by molar-refractivity contribution is 7.08. The van der Waals surface area contributed by atoms with Crippen LogP contribution in [0.4, 0.5) is 10.5 Å². The van der Waals surface area contributed by atoms with Gasteiger partial charge in [0.2, 0.25) is 5.91 Å². The second-order valence-corrected chi connectivity index (χ2v) is 8.83. The molecule has 2 N–H and O–H groups in total. The molecule has 0 saturated carbocycles. The van der Waals surface area contributed by atoms with Gasteiger partial charge in [0.15, 0.2) is 0 Å². The Morgan fingerprint density at radius 3 is 2.74 bits per heavy atom. The first kappa shape index (κ1) is 20.0. The number of fused-ring (bicyclic) bond motifs is 2.